The number of aliphatic hydroxyl groups excluding tert-OH is 1. The Labute approximate surface area is 463 Å². The summed E-state index contributed by atoms with van der Waals surface area (Å²) in [6.45, 7) is 4.36. The largest absolute Gasteiger partial charge is 0.472 e. The molecule has 0 aromatic carbocycles. The molecule has 11 nitrogen and oxygen atoms in total. The lowest BCUT2D eigenvalue weighted by Gasteiger charge is -2.21. The molecule has 0 rings (SSSR count). The van der Waals surface area contributed by atoms with Gasteiger partial charge in [0.25, 0.3) is 0 Å². The van der Waals surface area contributed by atoms with Crippen molar-refractivity contribution in [2.45, 2.75) is 264 Å². The van der Waals surface area contributed by atoms with Crippen molar-refractivity contribution in [1.29, 1.82) is 0 Å². The van der Waals surface area contributed by atoms with Crippen LogP contribution in [0.3, 0.4) is 0 Å². The van der Waals surface area contributed by atoms with Gasteiger partial charge < -0.3 is 24.2 Å². The minimum atomic E-state index is -4.77. The highest BCUT2D eigenvalue weighted by Crippen LogP contribution is 2.43. The summed E-state index contributed by atoms with van der Waals surface area (Å²) in [6, 6.07) is 0. The van der Waals surface area contributed by atoms with Crippen LogP contribution in [0.2, 0.25) is 0 Å². The van der Waals surface area contributed by atoms with E-state index >= 15 is 0 Å². The number of carbonyl (C=O) groups is 3. The molecule has 0 aliphatic heterocycles. The van der Waals surface area contributed by atoms with Crippen LogP contribution in [0.25, 0.3) is 0 Å². The fourth-order valence-electron chi connectivity index (χ4n) is 7.99. The maximum absolute atomic E-state index is 12.9. The summed E-state index contributed by atoms with van der Waals surface area (Å²) < 4.78 is 39.5. The van der Waals surface area contributed by atoms with Gasteiger partial charge in [-0.05, 0) is 96.3 Å². The Bertz CT molecular complexity index is 1640. The first-order valence-electron chi connectivity index (χ1n) is 30.1. The minimum Gasteiger partial charge on any atom is -0.462 e. The smallest absolute Gasteiger partial charge is 0.462 e. The molecular weight excluding hydrogens is 976 g/mol. The predicted octanol–water partition coefficient (Wildman–Crippen LogP) is 18.0. The maximum Gasteiger partial charge on any atom is 0.472 e. The van der Waals surface area contributed by atoms with Crippen molar-refractivity contribution in [3.63, 3.8) is 0 Å². The molecule has 0 saturated heterocycles. The van der Waals surface area contributed by atoms with Gasteiger partial charge in [-0.3, -0.25) is 23.4 Å². The highest BCUT2D eigenvalue weighted by Gasteiger charge is 2.28. The monoisotopic (exact) mass is 1080 g/mol. The molecule has 0 saturated carbocycles. The molecule has 76 heavy (non-hydrogen) atoms. The van der Waals surface area contributed by atoms with Crippen molar-refractivity contribution in [2.75, 3.05) is 26.4 Å². The van der Waals surface area contributed by atoms with Crippen LogP contribution in [0.1, 0.15) is 252 Å². The van der Waals surface area contributed by atoms with Crippen LogP contribution in [0, 0.1) is 0 Å². The molecule has 0 aromatic heterocycles. The van der Waals surface area contributed by atoms with E-state index in [9.17, 15) is 28.9 Å². The Morgan fingerprint density at radius 1 is 0.382 bits per heavy atom. The third-order valence-corrected chi connectivity index (χ3v) is 13.5. The van der Waals surface area contributed by atoms with Crippen LogP contribution < -0.4 is 0 Å². The quantitative estimate of drug-likeness (QED) is 0.0197. The lowest BCUT2D eigenvalue weighted by Crippen LogP contribution is -2.30. The maximum atomic E-state index is 12.9. The summed E-state index contributed by atoms with van der Waals surface area (Å²) >= 11 is 0. The van der Waals surface area contributed by atoms with Crippen molar-refractivity contribution in [3.05, 3.63) is 97.2 Å². The van der Waals surface area contributed by atoms with Crippen molar-refractivity contribution in [1.82, 2.24) is 0 Å². The lowest BCUT2D eigenvalue weighted by atomic mass is 10.0. The second-order valence-electron chi connectivity index (χ2n) is 19.8. The van der Waals surface area contributed by atoms with Gasteiger partial charge >= 0.3 is 25.7 Å². The molecule has 0 fully saturated rings. The summed E-state index contributed by atoms with van der Waals surface area (Å²) in [5.41, 5.74) is 0. The second-order valence-corrected chi connectivity index (χ2v) is 21.2. The number of aliphatic hydroxyl groups is 1. The van der Waals surface area contributed by atoms with Crippen molar-refractivity contribution in [2.24, 2.45) is 0 Å². The van der Waals surface area contributed by atoms with Crippen molar-refractivity contribution >= 4 is 25.7 Å². The summed E-state index contributed by atoms with van der Waals surface area (Å²) in [6.07, 6.45) is 67.9. The topological polar surface area (TPSA) is 155 Å². The summed E-state index contributed by atoms with van der Waals surface area (Å²) in [5.74, 6) is -1.53. The first kappa shape index (κ1) is 72.4. The molecule has 12 heteroatoms. The van der Waals surface area contributed by atoms with Gasteiger partial charge in [-0.15, -0.1) is 0 Å². The number of phosphoric acid groups is 1. The molecule has 0 radical (unpaired) electrons. The van der Waals surface area contributed by atoms with Crippen LogP contribution in [0.5, 0.6) is 0 Å². The summed E-state index contributed by atoms with van der Waals surface area (Å²) in [5, 5.41) is 9.82. The number of allylic oxidation sites excluding steroid dienone is 16. The fraction of sp³-hybridized carbons (Fsp3) is 0.703. The predicted molar refractivity (Wildman–Crippen MR) is 316 cm³/mol. The number of esters is 3. The van der Waals surface area contributed by atoms with E-state index in [0.29, 0.717) is 19.3 Å². The average Bonchev–Trinajstić information content (AvgIpc) is 3.41. The number of unbranched alkanes of at least 4 members (excludes halogenated alkanes) is 22. The number of phosphoric ester groups is 1. The van der Waals surface area contributed by atoms with Crippen molar-refractivity contribution in [3.8, 4) is 0 Å². The molecule has 0 aromatic rings. The van der Waals surface area contributed by atoms with Crippen molar-refractivity contribution < 1.29 is 52.2 Å². The molecule has 0 amide bonds. The molecule has 2 N–H and O–H groups in total. The van der Waals surface area contributed by atoms with Gasteiger partial charge in [0.1, 0.15) is 12.7 Å². The highest BCUT2D eigenvalue weighted by atomic mass is 31.2. The molecule has 3 unspecified atom stereocenters. The molecule has 0 aliphatic rings. The third-order valence-electron chi connectivity index (χ3n) is 12.5. The molecular formula is C64H109O11P. The van der Waals surface area contributed by atoms with Gasteiger partial charge in [-0.1, -0.05) is 234 Å². The fourth-order valence-corrected chi connectivity index (χ4v) is 8.77. The average molecular weight is 1090 g/mol. The molecule has 436 valence electrons. The van der Waals surface area contributed by atoms with Gasteiger partial charge in [-0.2, -0.15) is 0 Å². The van der Waals surface area contributed by atoms with Gasteiger partial charge in [0.15, 0.2) is 6.10 Å². The molecule has 0 aliphatic carbocycles. The molecule has 0 bridgehead atoms. The van der Waals surface area contributed by atoms with Crippen LogP contribution in [0.4, 0.5) is 0 Å². The van der Waals surface area contributed by atoms with Crippen LogP contribution in [-0.2, 0) is 42.2 Å². The van der Waals surface area contributed by atoms with E-state index in [1.807, 2.05) is 0 Å². The Morgan fingerprint density at radius 2 is 0.684 bits per heavy atom. The molecule has 3 atom stereocenters. The number of ether oxygens (including phenoxy) is 3. The normalized spacial score (nSPS) is 14.0. The summed E-state index contributed by atoms with van der Waals surface area (Å²) in [4.78, 5) is 48.6. The van der Waals surface area contributed by atoms with E-state index in [1.54, 1.807) is 0 Å². The Hall–Kier alpha value is -3.60. The van der Waals surface area contributed by atoms with Gasteiger partial charge in [0, 0.05) is 19.3 Å². The lowest BCUT2D eigenvalue weighted by molar-refractivity contribution is -0.161. The molecule has 0 heterocycles. The minimum absolute atomic E-state index is 0.120. The first-order valence-corrected chi connectivity index (χ1v) is 31.6. The van der Waals surface area contributed by atoms with Crippen LogP contribution >= 0.6 is 7.82 Å². The van der Waals surface area contributed by atoms with E-state index in [2.05, 4.69) is 118 Å². The zero-order valence-electron chi connectivity index (χ0n) is 48.2. The van der Waals surface area contributed by atoms with Crippen LogP contribution in [0.15, 0.2) is 97.2 Å². The zero-order valence-corrected chi connectivity index (χ0v) is 49.1. The third kappa shape index (κ3) is 55.2. The number of hydrogen-bond acceptors (Lipinski definition) is 10. The standard InChI is InChI=1S/C64H109O11P/c1-4-7-10-13-16-19-22-25-28-30-33-35-38-41-44-47-50-53-62(66)71-57-61(75-64(68)55-52-49-46-43-40-37-34-31-29-26-23-20-17-14-11-8-5-2)59-73-76(69,70)72-58-60(56-65)74-63(67)54-51-48-45-42-39-36-32-27-24-21-18-15-12-9-6-3/h7,9-10,12,16,18-19,21,25,27-28,32-33,35,39,42,60-61,65H,4-6,8,11,13-15,17,20,22-24,26,29-31,34,36-38,40-41,43-59H2,1-3H3,(H,69,70)/b10-7-,12-9-,19-16-,21-18-,28-25-,32-27-,35-33-,42-39-. The van der Waals surface area contributed by atoms with Gasteiger partial charge in [0.05, 0.1) is 19.8 Å². The second kappa shape index (κ2) is 57.6. The number of rotatable bonds is 55. The van der Waals surface area contributed by atoms with E-state index in [-0.39, 0.29) is 25.9 Å². The van der Waals surface area contributed by atoms with E-state index < -0.39 is 57.8 Å². The zero-order chi connectivity index (χ0) is 55.5. The Balaban J connectivity index is 4.79. The first-order chi connectivity index (χ1) is 37.2. The highest BCUT2D eigenvalue weighted by molar-refractivity contribution is 7.47. The SMILES string of the molecule is CC/C=C\C/C=C\C/C=C\C/C=C\CCCCCCC(=O)OCC(COP(=O)(O)OCC(CO)OC(=O)CCCC/C=C\C/C=C\C/C=C\C/C=C\CC)OC(=O)CCCCCCCCCCCCCCCCCCC. The number of hydrogen-bond donors (Lipinski definition) is 2. The van der Waals surface area contributed by atoms with E-state index in [1.165, 1.54) is 83.5 Å². The van der Waals surface area contributed by atoms with Gasteiger partial charge in [-0.25, -0.2) is 4.57 Å². The summed E-state index contributed by atoms with van der Waals surface area (Å²) in [7, 11) is -4.77. The Morgan fingerprint density at radius 3 is 1.08 bits per heavy atom. The van der Waals surface area contributed by atoms with E-state index in [0.717, 1.165) is 109 Å². The molecule has 0 spiro atoms. The Kier molecular flexibility index (Phi) is 54.8. The van der Waals surface area contributed by atoms with Gasteiger partial charge in [0.2, 0.25) is 0 Å². The number of carbonyl (C=O) groups excluding carboxylic acids is 3. The van der Waals surface area contributed by atoms with E-state index in [4.69, 9.17) is 23.3 Å². The van der Waals surface area contributed by atoms with Crippen LogP contribution in [-0.4, -0.2) is 66.5 Å².